The van der Waals surface area contributed by atoms with Gasteiger partial charge in [-0.25, -0.2) is 8.42 Å². The molecular formula is C22H25N3O4S. The van der Waals surface area contributed by atoms with Crippen LogP contribution in [0.1, 0.15) is 17.7 Å². The first-order valence-electron chi connectivity index (χ1n) is 9.62. The monoisotopic (exact) mass is 427 g/mol. The Morgan fingerprint density at radius 3 is 2.53 bits per heavy atom. The number of likely N-dealkylation sites (N-methyl/N-ethyl adjacent to an activating group) is 1. The van der Waals surface area contributed by atoms with Gasteiger partial charge in [0.25, 0.3) is 0 Å². The lowest BCUT2D eigenvalue weighted by Crippen LogP contribution is -2.29. The molecule has 0 saturated heterocycles. The zero-order chi connectivity index (χ0) is 21.6. The van der Waals surface area contributed by atoms with E-state index in [1.54, 1.807) is 36.2 Å². The van der Waals surface area contributed by atoms with E-state index < -0.39 is 10.0 Å². The van der Waals surface area contributed by atoms with Crippen LogP contribution in [0.25, 0.3) is 11.3 Å². The SMILES string of the molecule is CN(CCCc1cc(-c2ccccc2)no1)C(=O)Cc1ccccc1NS(C)(=O)=O. The standard InChI is InChI=1S/C22H25N3O4S/c1-25(22(26)15-18-11-6-7-13-20(18)24-30(2,27)28)14-8-12-19-16-21(23-29-19)17-9-4-3-5-10-17/h3-7,9-11,13,16,24H,8,12,14-15H2,1-2H3. The zero-order valence-electron chi connectivity index (χ0n) is 17.0. The predicted molar refractivity (Wildman–Crippen MR) is 117 cm³/mol. The molecule has 0 fully saturated rings. The van der Waals surface area contributed by atoms with Gasteiger partial charge in [0.15, 0.2) is 0 Å². The highest BCUT2D eigenvalue weighted by Gasteiger charge is 2.14. The Morgan fingerprint density at radius 2 is 1.80 bits per heavy atom. The van der Waals surface area contributed by atoms with Crippen molar-refractivity contribution in [1.29, 1.82) is 0 Å². The van der Waals surface area contributed by atoms with E-state index in [2.05, 4.69) is 9.88 Å². The van der Waals surface area contributed by atoms with Crippen LogP contribution in [0.3, 0.4) is 0 Å². The summed E-state index contributed by atoms with van der Waals surface area (Å²) in [5.41, 5.74) is 2.87. The lowest BCUT2D eigenvalue weighted by Gasteiger charge is -2.18. The Morgan fingerprint density at radius 1 is 1.10 bits per heavy atom. The lowest BCUT2D eigenvalue weighted by molar-refractivity contribution is -0.129. The quantitative estimate of drug-likeness (QED) is 0.565. The summed E-state index contributed by atoms with van der Waals surface area (Å²) in [6.45, 7) is 0.557. The summed E-state index contributed by atoms with van der Waals surface area (Å²) in [4.78, 5) is 14.2. The van der Waals surface area contributed by atoms with E-state index >= 15 is 0 Å². The zero-order valence-corrected chi connectivity index (χ0v) is 17.9. The molecule has 8 heteroatoms. The highest BCUT2D eigenvalue weighted by atomic mass is 32.2. The van der Waals surface area contributed by atoms with Crippen molar-refractivity contribution in [3.8, 4) is 11.3 Å². The predicted octanol–water partition coefficient (Wildman–Crippen LogP) is 3.35. The fraction of sp³-hybridized carbons (Fsp3) is 0.273. The Balaban J connectivity index is 1.52. The molecule has 1 amide bonds. The molecule has 0 spiro atoms. The number of nitrogens with zero attached hydrogens (tertiary/aromatic N) is 2. The molecule has 158 valence electrons. The highest BCUT2D eigenvalue weighted by molar-refractivity contribution is 7.92. The minimum Gasteiger partial charge on any atom is -0.361 e. The second-order valence-corrected chi connectivity index (χ2v) is 8.92. The van der Waals surface area contributed by atoms with Crippen molar-refractivity contribution >= 4 is 21.6 Å². The summed E-state index contributed by atoms with van der Waals surface area (Å²) in [5, 5.41) is 4.10. The van der Waals surface area contributed by atoms with Crippen LogP contribution in [0, 0.1) is 0 Å². The van der Waals surface area contributed by atoms with E-state index in [0.29, 0.717) is 24.2 Å². The molecule has 0 aliphatic rings. The van der Waals surface area contributed by atoms with Gasteiger partial charge in [0.1, 0.15) is 11.5 Å². The van der Waals surface area contributed by atoms with Crippen molar-refractivity contribution in [2.24, 2.45) is 0 Å². The number of hydrogen-bond donors (Lipinski definition) is 1. The number of benzene rings is 2. The Kier molecular flexibility index (Phi) is 6.89. The number of aromatic nitrogens is 1. The molecule has 0 saturated carbocycles. The summed E-state index contributed by atoms with van der Waals surface area (Å²) < 4.78 is 30.9. The van der Waals surface area contributed by atoms with Gasteiger partial charge in [-0.2, -0.15) is 0 Å². The van der Waals surface area contributed by atoms with Crippen LogP contribution in [0.2, 0.25) is 0 Å². The van der Waals surface area contributed by atoms with Crippen LogP contribution in [-0.4, -0.2) is 44.2 Å². The summed E-state index contributed by atoms with van der Waals surface area (Å²) in [5.74, 6) is 0.692. The Bertz CT molecular complexity index is 1090. The van der Waals surface area contributed by atoms with Crippen LogP contribution in [0.15, 0.2) is 65.2 Å². The second kappa shape index (κ2) is 9.58. The van der Waals surface area contributed by atoms with E-state index in [0.717, 1.165) is 29.7 Å². The number of amides is 1. The summed E-state index contributed by atoms with van der Waals surface area (Å²) in [6, 6.07) is 18.6. The Hall–Kier alpha value is -3.13. The molecule has 0 unspecified atom stereocenters. The minimum atomic E-state index is -3.41. The van der Waals surface area contributed by atoms with Gasteiger partial charge in [0.2, 0.25) is 15.9 Å². The fourth-order valence-electron chi connectivity index (χ4n) is 3.06. The molecule has 1 aromatic heterocycles. The molecule has 2 aromatic carbocycles. The number of para-hydroxylation sites is 1. The first kappa shape index (κ1) is 21.6. The van der Waals surface area contributed by atoms with Crippen molar-refractivity contribution < 1.29 is 17.7 Å². The third-order valence-electron chi connectivity index (χ3n) is 4.63. The molecule has 1 heterocycles. The van der Waals surface area contributed by atoms with E-state index in [1.165, 1.54) is 0 Å². The van der Waals surface area contributed by atoms with Gasteiger partial charge >= 0.3 is 0 Å². The molecule has 0 aliphatic carbocycles. The van der Waals surface area contributed by atoms with E-state index in [1.807, 2.05) is 36.4 Å². The number of rotatable bonds is 9. The average molecular weight is 428 g/mol. The minimum absolute atomic E-state index is 0.0831. The summed E-state index contributed by atoms with van der Waals surface area (Å²) in [6.07, 6.45) is 2.61. The third-order valence-corrected chi connectivity index (χ3v) is 5.22. The lowest BCUT2D eigenvalue weighted by atomic mass is 10.1. The van der Waals surface area contributed by atoms with E-state index in [4.69, 9.17) is 4.52 Å². The Labute approximate surface area is 176 Å². The number of anilines is 1. The summed E-state index contributed by atoms with van der Waals surface area (Å²) >= 11 is 0. The van der Waals surface area contributed by atoms with Crippen molar-refractivity contribution in [3.63, 3.8) is 0 Å². The maximum absolute atomic E-state index is 12.6. The normalized spacial score (nSPS) is 11.3. The average Bonchev–Trinajstić information content (AvgIpc) is 3.18. The molecule has 7 nitrogen and oxygen atoms in total. The van der Waals surface area contributed by atoms with Crippen LogP contribution in [0.5, 0.6) is 0 Å². The maximum atomic E-state index is 12.6. The fourth-order valence-corrected chi connectivity index (χ4v) is 3.66. The number of nitrogens with one attached hydrogen (secondary N) is 1. The number of hydrogen-bond acceptors (Lipinski definition) is 5. The molecule has 1 N–H and O–H groups in total. The van der Waals surface area contributed by atoms with Crippen LogP contribution >= 0.6 is 0 Å². The van der Waals surface area contributed by atoms with Gasteiger partial charge < -0.3 is 9.42 Å². The first-order valence-corrected chi connectivity index (χ1v) is 11.5. The smallest absolute Gasteiger partial charge is 0.229 e. The molecular weight excluding hydrogens is 402 g/mol. The first-order chi connectivity index (χ1) is 14.3. The third kappa shape index (κ3) is 6.18. The second-order valence-electron chi connectivity index (χ2n) is 7.17. The maximum Gasteiger partial charge on any atom is 0.229 e. The molecule has 0 atom stereocenters. The number of carbonyl (C=O) groups excluding carboxylic acids is 1. The summed E-state index contributed by atoms with van der Waals surface area (Å²) in [7, 11) is -1.67. The molecule has 0 radical (unpaired) electrons. The molecule has 0 bridgehead atoms. The van der Waals surface area contributed by atoms with Gasteiger partial charge in [-0.1, -0.05) is 53.7 Å². The number of carbonyl (C=O) groups is 1. The van der Waals surface area contributed by atoms with Gasteiger partial charge in [-0.15, -0.1) is 0 Å². The van der Waals surface area contributed by atoms with Crippen molar-refractivity contribution in [1.82, 2.24) is 10.1 Å². The van der Waals surface area contributed by atoms with Gasteiger partial charge in [-0.05, 0) is 18.1 Å². The van der Waals surface area contributed by atoms with Gasteiger partial charge in [0, 0.05) is 31.6 Å². The molecule has 3 aromatic rings. The molecule has 30 heavy (non-hydrogen) atoms. The van der Waals surface area contributed by atoms with Crippen molar-refractivity contribution in [2.45, 2.75) is 19.3 Å². The number of sulfonamides is 1. The van der Waals surface area contributed by atoms with E-state index in [-0.39, 0.29) is 12.3 Å². The van der Waals surface area contributed by atoms with Crippen LogP contribution in [-0.2, 0) is 27.7 Å². The molecule has 0 aliphatic heterocycles. The van der Waals surface area contributed by atoms with Crippen molar-refractivity contribution in [2.75, 3.05) is 24.6 Å². The van der Waals surface area contributed by atoms with Crippen molar-refractivity contribution in [3.05, 3.63) is 72.0 Å². The van der Waals surface area contributed by atoms with E-state index in [9.17, 15) is 13.2 Å². The van der Waals surface area contributed by atoms with Gasteiger partial charge in [-0.3, -0.25) is 9.52 Å². The number of aryl methyl sites for hydroxylation is 1. The topological polar surface area (TPSA) is 92.5 Å². The van der Waals surface area contributed by atoms with Crippen LogP contribution in [0.4, 0.5) is 5.69 Å². The van der Waals surface area contributed by atoms with Crippen LogP contribution < -0.4 is 4.72 Å². The molecule has 3 rings (SSSR count). The highest BCUT2D eigenvalue weighted by Crippen LogP contribution is 2.20. The van der Waals surface area contributed by atoms with Gasteiger partial charge in [0.05, 0.1) is 18.4 Å². The largest absolute Gasteiger partial charge is 0.361 e.